The number of nitrogens with zero attached hydrogens (tertiary/aromatic N) is 7. The third-order valence-electron chi connectivity index (χ3n) is 5.56. The van der Waals surface area contributed by atoms with Gasteiger partial charge in [0, 0.05) is 30.7 Å². The minimum atomic E-state index is -0.304. The summed E-state index contributed by atoms with van der Waals surface area (Å²) < 4.78 is 10.6. The molecule has 0 aliphatic carbocycles. The molecule has 10 heteroatoms. The molecule has 5 aromatic rings. The summed E-state index contributed by atoms with van der Waals surface area (Å²) in [6.07, 6.45) is 8.58. The average Bonchev–Trinajstić information content (AvgIpc) is 3.57. The standard InChI is InChI=1S/C24H24N8O2/c1-4-30-15-21(16(2)29-30)22-8-9-25-23-20(12-27-32(22)23)24(33)28-18-11-26-31(14-18)13-17-6-5-7-19(10-17)34-3/h5-12,14-15H,4,13H2,1-3H3,(H,28,33). The maximum atomic E-state index is 13.0. The predicted molar refractivity (Wildman–Crippen MR) is 127 cm³/mol. The van der Waals surface area contributed by atoms with Gasteiger partial charge in [0.1, 0.15) is 11.3 Å². The zero-order chi connectivity index (χ0) is 23.7. The Morgan fingerprint density at radius 1 is 1.12 bits per heavy atom. The van der Waals surface area contributed by atoms with Gasteiger partial charge in [-0.25, -0.2) is 9.50 Å². The third-order valence-corrected chi connectivity index (χ3v) is 5.56. The van der Waals surface area contributed by atoms with Crippen LogP contribution in [0.25, 0.3) is 16.9 Å². The predicted octanol–water partition coefficient (Wildman–Crippen LogP) is 3.43. The van der Waals surface area contributed by atoms with Crippen LogP contribution in [-0.2, 0) is 13.1 Å². The lowest BCUT2D eigenvalue weighted by atomic mass is 10.2. The maximum Gasteiger partial charge on any atom is 0.261 e. The first-order chi connectivity index (χ1) is 16.6. The summed E-state index contributed by atoms with van der Waals surface area (Å²) in [6.45, 7) is 5.31. The van der Waals surface area contributed by atoms with Crippen molar-refractivity contribution in [1.29, 1.82) is 0 Å². The minimum Gasteiger partial charge on any atom is -0.497 e. The number of nitrogens with one attached hydrogen (secondary N) is 1. The molecule has 0 bridgehead atoms. The molecule has 5 rings (SSSR count). The van der Waals surface area contributed by atoms with Gasteiger partial charge in [-0.05, 0) is 37.6 Å². The maximum absolute atomic E-state index is 13.0. The Balaban J connectivity index is 1.37. The molecule has 0 aliphatic rings. The van der Waals surface area contributed by atoms with Gasteiger partial charge in [0.2, 0.25) is 0 Å². The molecule has 0 saturated carbocycles. The van der Waals surface area contributed by atoms with E-state index in [9.17, 15) is 4.79 Å². The van der Waals surface area contributed by atoms with Gasteiger partial charge >= 0.3 is 0 Å². The van der Waals surface area contributed by atoms with Crippen LogP contribution in [0.2, 0.25) is 0 Å². The second kappa shape index (κ2) is 8.81. The molecule has 0 radical (unpaired) electrons. The number of ether oxygens (including phenoxy) is 1. The summed E-state index contributed by atoms with van der Waals surface area (Å²) in [5, 5.41) is 16.2. The van der Waals surface area contributed by atoms with Gasteiger partial charge in [-0.15, -0.1) is 0 Å². The highest BCUT2D eigenvalue weighted by atomic mass is 16.5. The number of anilines is 1. The van der Waals surface area contributed by atoms with Crippen LogP contribution in [-0.4, -0.2) is 47.2 Å². The van der Waals surface area contributed by atoms with E-state index in [1.54, 1.807) is 34.9 Å². The molecule has 4 aromatic heterocycles. The SMILES string of the molecule is CCn1cc(-c2ccnc3c(C(=O)Nc4cnn(Cc5cccc(OC)c5)c4)cnn23)c(C)n1. The number of methoxy groups -OCH3 is 1. The van der Waals surface area contributed by atoms with Crippen LogP contribution in [0.15, 0.2) is 61.3 Å². The van der Waals surface area contributed by atoms with Crippen LogP contribution >= 0.6 is 0 Å². The van der Waals surface area contributed by atoms with Crippen molar-refractivity contribution in [3.63, 3.8) is 0 Å². The molecule has 0 fully saturated rings. The van der Waals surface area contributed by atoms with E-state index in [2.05, 4.69) is 25.6 Å². The first-order valence-electron chi connectivity index (χ1n) is 10.9. The lowest BCUT2D eigenvalue weighted by Gasteiger charge is -2.05. The summed E-state index contributed by atoms with van der Waals surface area (Å²) in [5.41, 5.74) is 5.14. The number of aromatic nitrogens is 7. The van der Waals surface area contributed by atoms with Crippen molar-refractivity contribution in [3.8, 4) is 17.0 Å². The molecule has 0 atom stereocenters. The first-order valence-corrected chi connectivity index (χ1v) is 10.9. The Labute approximate surface area is 195 Å². The van der Waals surface area contributed by atoms with Crippen molar-refractivity contribution in [2.45, 2.75) is 26.9 Å². The number of hydrogen-bond acceptors (Lipinski definition) is 6. The molecule has 0 unspecified atom stereocenters. The number of carbonyl (C=O) groups is 1. The molecular weight excluding hydrogens is 432 g/mol. The van der Waals surface area contributed by atoms with Crippen molar-refractivity contribution in [2.75, 3.05) is 12.4 Å². The van der Waals surface area contributed by atoms with Gasteiger partial charge in [-0.2, -0.15) is 15.3 Å². The molecule has 0 spiro atoms. The molecule has 4 heterocycles. The Hall–Kier alpha value is -4.47. The minimum absolute atomic E-state index is 0.304. The highest BCUT2D eigenvalue weighted by Gasteiger charge is 2.18. The third kappa shape index (κ3) is 4.01. The largest absolute Gasteiger partial charge is 0.497 e. The molecular formula is C24H24N8O2. The van der Waals surface area contributed by atoms with E-state index in [0.717, 1.165) is 34.8 Å². The Morgan fingerprint density at radius 2 is 2.00 bits per heavy atom. The monoisotopic (exact) mass is 456 g/mol. The smallest absolute Gasteiger partial charge is 0.261 e. The zero-order valence-corrected chi connectivity index (χ0v) is 19.1. The fourth-order valence-corrected chi connectivity index (χ4v) is 3.86. The summed E-state index contributed by atoms with van der Waals surface area (Å²) in [4.78, 5) is 17.4. The van der Waals surface area contributed by atoms with Crippen LogP contribution < -0.4 is 10.1 Å². The second-order valence-corrected chi connectivity index (χ2v) is 7.84. The summed E-state index contributed by atoms with van der Waals surface area (Å²) in [7, 11) is 1.64. The van der Waals surface area contributed by atoms with E-state index in [1.165, 1.54) is 6.20 Å². The fraction of sp³-hybridized carbons (Fsp3) is 0.208. The Kier molecular flexibility index (Phi) is 5.54. The van der Waals surface area contributed by atoms with E-state index >= 15 is 0 Å². The number of hydrogen-bond donors (Lipinski definition) is 1. The van der Waals surface area contributed by atoms with E-state index in [-0.39, 0.29) is 5.91 Å². The van der Waals surface area contributed by atoms with Gasteiger partial charge in [0.15, 0.2) is 5.65 Å². The quantitative estimate of drug-likeness (QED) is 0.402. The Morgan fingerprint density at radius 3 is 2.79 bits per heavy atom. The average molecular weight is 457 g/mol. The first kappa shape index (κ1) is 21.4. The van der Waals surface area contributed by atoms with Gasteiger partial charge in [-0.3, -0.25) is 14.2 Å². The number of rotatable bonds is 7. The lowest BCUT2D eigenvalue weighted by molar-refractivity contribution is 0.102. The van der Waals surface area contributed by atoms with Crippen molar-refractivity contribution >= 4 is 17.2 Å². The van der Waals surface area contributed by atoms with Crippen LogP contribution in [0.4, 0.5) is 5.69 Å². The fourth-order valence-electron chi connectivity index (χ4n) is 3.86. The van der Waals surface area contributed by atoms with Gasteiger partial charge in [-0.1, -0.05) is 12.1 Å². The van der Waals surface area contributed by atoms with Gasteiger partial charge in [0.05, 0.1) is 43.1 Å². The van der Waals surface area contributed by atoms with Crippen molar-refractivity contribution in [2.24, 2.45) is 0 Å². The van der Waals surface area contributed by atoms with E-state index in [0.29, 0.717) is 23.4 Å². The molecule has 1 aromatic carbocycles. The van der Waals surface area contributed by atoms with Crippen LogP contribution in [0, 0.1) is 6.92 Å². The molecule has 172 valence electrons. The molecule has 1 amide bonds. The lowest BCUT2D eigenvalue weighted by Crippen LogP contribution is -2.11. The highest BCUT2D eigenvalue weighted by Crippen LogP contribution is 2.24. The Bertz CT molecular complexity index is 1480. The van der Waals surface area contributed by atoms with Gasteiger partial charge in [0.25, 0.3) is 5.91 Å². The topological polar surface area (TPSA) is 104 Å². The van der Waals surface area contributed by atoms with E-state index in [4.69, 9.17) is 4.74 Å². The summed E-state index contributed by atoms with van der Waals surface area (Å²) >= 11 is 0. The van der Waals surface area contributed by atoms with Gasteiger partial charge < -0.3 is 10.1 Å². The van der Waals surface area contributed by atoms with Crippen molar-refractivity contribution in [3.05, 3.63) is 78.1 Å². The summed E-state index contributed by atoms with van der Waals surface area (Å²) in [5.74, 6) is 0.483. The van der Waals surface area contributed by atoms with Crippen molar-refractivity contribution in [1.82, 2.24) is 34.2 Å². The normalized spacial score (nSPS) is 11.1. The van der Waals surface area contributed by atoms with Crippen LogP contribution in [0.5, 0.6) is 5.75 Å². The van der Waals surface area contributed by atoms with Crippen LogP contribution in [0.3, 0.4) is 0 Å². The summed E-state index contributed by atoms with van der Waals surface area (Å²) in [6, 6.07) is 9.64. The number of amides is 1. The highest BCUT2D eigenvalue weighted by molar-refractivity contribution is 6.08. The zero-order valence-electron chi connectivity index (χ0n) is 19.1. The van der Waals surface area contributed by atoms with Crippen LogP contribution in [0.1, 0.15) is 28.5 Å². The molecule has 0 aliphatic heterocycles. The molecule has 1 N–H and O–H groups in total. The number of carbonyl (C=O) groups excluding carboxylic acids is 1. The number of fused-ring (bicyclic) bond motifs is 1. The number of aryl methyl sites for hydroxylation is 2. The number of benzene rings is 1. The molecule has 34 heavy (non-hydrogen) atoms. The second-order valence-electron chi connectivity index (χ2n) is 7.84. The van der Waals surface area contributed by atoms with Crippen molar-refractivity contribution < 1.29 is 9.53 Å². The van der Waals surface area contributed by atoms with E-state index < -0.39 is 0 Å². The molecule has 10 nitrogen and oxygen atoms in total. The molecule has 0 saturated heterocycles. The van der Waals surface area contributed by atoms with E-state index in [1.807, 2.05) is 55.1 Å².